The molecule has 0 aromatic carbocycles. The molecule has 7 fully saturated rings. The van der Waals surface area contributed by atoms with Crippen molar-refractivity contribution >= 4 is 17.7 Å². The molecule has 0 aromatic heterocycles. The number of carbonyl (C=O) groups is 3. The Morgan fingerprint density at radius 1 is 1.05 bits per heavy atom. The maximum Gasteiger partial charge on any atom is 0.311 e. The summed E-state index contributed by atoms with van der Waals surface area (Å²) in [5.74, 6) is -5.82. The van der Waals surface area contributed by atoms with E-state index in [1.54, 1.807) is 6.92 Å². The summed E-state index contributed by atoms with van der Waals surface area (Å²) in [6, 6.07) is 0. The van der Waals surface area contributed by atoms with E-state index in [0.29, 0.717) is 31.3 Å². The van der Waals surface area contributed by atoms with Crippen LogP contribution in [-0.4, -0.2) is 69.0 Å². The Labute approximate surface area is 226 Å². The topological polar surface area (TPSA) is 138 Å². The van der Waals surface area contributed by atoms with Crippen molar-refractivity contribution in [1.29, 1.82) is 0 Å². The first-order valence-electron chi connectivity index (χ1n) is 14.4. The average molecular weight is 545 g/mol. The first-order chi connectivity index (χ1) is 18.3. The van der Waals surface area contributed by atoms with Gasteiger partial charge in [-0.3, -0.25) is 19.1 Å². The molecule has 2 bridgehead atoms. The Morgan fingerprint density at radius 2 is 1.82 bits per heavy atom. The van der Waals surface area contributed by atoms with Gasteiger partial charge >= 0.3 is 11.9 Å². The number of aliphatic hydroxyl groups is 2. The Hall–Kier alpha value is -2.01. The van der Waals surface area contributed by atoms with E-state index >= 15 is 0 Å². The van der Waals surface area contributed by atoms with Crippen molar-refractivity contribution in [3.63, 3.8) is 0 Å². The fourth-order valence-electron chi connectivity index (χ4n) is 10.6. The normalized spacial score (nSPS) is 58.6. The molecule has 10 nitrogen and oxygen atoms in total. The zero-order valence-electron chi connectivity index (χ0n) is 22.8. The smallest absolute Gasteiger partial charge is 0.311 e. The van der Waals surface area contributed by atoms with Gasteiger partial charge in [0.15, 0.2) is 5.76 Å². The van der Waals surface area contributed by atoms with Gasteiger partial charge < -0.3 is 29.2 Å². The van der Waals surface area contributed by atoms with Crippen molar-refractivity contribution in [2.45, 2.75) is 107 Å². The molecule has 39 heavy (non-hydrogen) atoms. The van der Waals surface area contributed by atoms with E-state index in [1.807, 2.05) is 20.8 Å². The second kappa shape index (κ2) is 6.89. The van der Waals surface area contributed by atoms with Gasteiger partial charge in [-0.05, 0) is 32.6 Å². The third-order valence-corrected chi connectivity index (χ3v) is 12.1. The lowest BCUT2D eigenvalue weighted by molar-refractivity contribution is -0.322. The molecule has 5 saturated heterocycles. The summed E-state index contributed by atoms with van der Waals surface area (Å²) in [4.78, 5) is 39.4. The van der Waals surface area contributed by atoms with Gasteiger partial charge in [-0.15, -0.1) is 0 Å². The standard InChI is InChI=1S/C29H36O10/c1-13-10-28(37-23(13)34)19-14(2)21(32)24(3)7-8-26-11-27-16(25(4,12-30)35-17(27)9-18(31)36-27)6-5-15(26)22(33)29(38-26,39-28)20(19)24/h13-14,16-17,19-20,30,33H,5-12H2,1-4H3/t13-,14+,16+,17-,19-,20+,24+,25+,26+,27-,28+,29-/m0/s1. The fraction of sp³-hybridized carbons (Fsp3) is 0.828. The molecule has 8 rings (SSSR count). The highest BCUT2D eigenvalue weighted by molar-refractivity contribution is 5.91. The van der Waals surface area contributed by atoms with E-state index in [9.17, 15) is 24.6 Å². The summed E-state index contributed by atoms with van der Waals surface area (Å²) in [6.45, 7) is 7.23. The number of hydrogen-bond donors (Lipinski definition) is 2. The lowest BCUT2D eigenvalue weighted by Gasteiger charge is -2.41. The minimum Gasteiger partial charge on any atom is -0.507 e. The summed E-state index contributed by atoms with van der Waals surface area (Å²) in [5.41, 5.74) is -3.16. The van der Waals surface area contributed by atoms with E-state index in [-0.39, 0.29) is 55.3 Å². The van der Waals surface area contributed by atoms with Crippen molar-refractivity contribution in [2.75, 3.05) is 6.61 Å². The third-order valence-electron chi connectivity index (χ3n) is 12.1. The van der Waals surface area contributed by atoms with Crippen molar-refractivity contribution in [3.05, 3.63) is 11.3 Å². The minimum absolute atomic E-state index is 0.0262. The number of carbonyl (C=O) groups excluding carboxylic acids is 3. The molecular formula is C29H36O10. The maximum absolute atomic E-state index is 14.0. The van der Waals surface area contributed by atoms with Crippen LogP contribution in [0.15, 0.2) is 11.3 Å². The molecule has 0 radical (unpaired) electrons. The van der Waals surface area contributed by atoms with Gasteiger partial charge in [-0.25, -0.2) is 0 Å². The Morgan fingerprint density at radius 3 is 2.51 bits per heavy atom. The number of aliphatic hydroxyl groups excluding tert-OH is 2. The third kappa shape index (κ3) is 2.50. The molecule has 10 heteroatoms. The van der Waals surface area contributed by atoms with Gasteiger partial charge in [0.1, 0.15) is 23.1 Å². The minimum atomic E-state index is -1.64. The second-order valence-corrected chi connectivity index (χ2v) is 14.1. The largest absolute Gasteiger partial charge is 0.507 e. The molecule has 6 heterocycles. The Balaban J connectivity index is 1.31. The van der Waals surface area contributed by atoms with Crippen molar-refractivity contribution in [2.24, 2.45) is 35.0 Å². The maximum atomic E-state index is 14.0. The molecule has 2 saturated carbocycles. The number of hydrogen-bond acceptors (Lipinski definition) is 10. The summed E-state index contributed by atoms with van der Waals surface area (Å²) in [6.07, 6.45) is 1.95. The lowest BCUT2D eigenvalue weighted by Crippen LogP contribution is -2.52. The molecule has 4 spiro atoms. The van der Waals surface area contributed by atoms with Gasteiger partial charge in [0.05, 0.1) is 24.5 Å². The van der Waals surface area contributed by atoms with Crippen LogP contribution in [0, 0.1) is 35.0 Å². The quantitative estimate of drug-likeness (QED) is 0.474. The van der Waals surface area contributed by atoms with Gasteiger partial charge in [-0.2, -0.15) is 0 Å². The van der Waals surface area contributed by atoms with Crippen LogP contribution in [0.5, 0.6) is 0 Å². The van der Waals surface area contributed by atoms with Gasteiger partial charge in [0.2, 0.25) is 11.6 Å². The first kappa shape index (κ1) is 24.8. The van der Waals surface area contributed by atoms with Crippen molar-refractivity contribution < 1.29 is 48.3 Å². The fourth-order valence-corrected chi connectivity index (χ4v) is 10.6. The molecule has 0 unspecified atom stereocenters. The van der Waals surface area contributed by atoms with Crippen molar-refractivity contribution in [1.82, 2.24) is 0 Å². The van der Waals surface area contributed by atoms with E-state index in [0.717, 1.165) is 0 Å². The predicted molar refractivity (Wildman–Crippen MR) is 130 cm³/mol. The van der Waals surface area contributed by atoms with Crippen LogP contribution in [-0.2, 0) is 38.1 Å². The summed E-state index contributed by atoms with van der Waals surface area (Å²) < 4.78 is 32.3. The highest BCUT2D eigenvalue weighted by atomic mass is 16.8. The van der Waals surface area contributed by atoms with Crippen LogP contribution in [0.1, 0.15) is 72.6 Å². The lowest BCUT2D eigenvalue weighted by atomic mass is 9.65. The number of rotatable bonds is 1. The number of ketones is 1. The summed E-state index contributed by atoms with van der Waals surface area (Å²) >= 11 is 0. The summed E-state index contributed by atoms with van der Waals surface area (Å²) in [5, 5.41) is 22.5. The predicted octanol–water partition coefficient (Wildman–Crippen LogP) is 2.46. The molecule has 6 aliphatic heterocycles. The number of esters is 2. The Kier molecular flexibility index (Phi) is 4.37. The highest BCUT2D eigenvalue weighted by Crippen LogP contribution is 2.74. The monoisotopic (exact) mass is 544 g/mol. The van der Waals surface area contributed by atoms with Crippen LogP contribution in [0.3, 0.4) is 0 Å². The number of Topliss-reactive ketones (excluding diaryl/α,β-unsaturated/α-hetero) is 1. The van der Waals surface area contributed by atoms with Crippen molar-refractivity contribution in [3.8, 4) is 0 Å². The molecule has 2 N–H and O–H groups in total. The number of fused-ring (bicyclic) bond motifs is 1. The van der Waals surface area contributed by atoms with Crippen LogP contribution >= 0.6 is 0 Å². The van der Waals surface area contributed by atoms with Crippen LogP contribution in [0.2, 0.25) is 0 Å². The molecule has 0 amide bonds. The Bertz CT molecular complexity index is 1280. The molecule has 212 valence electrons. The molecule has 12 atom stereocenters. The van der Waals surface area contributed by atoms with E-state index in [4.69, 9.17) is 23.7 Å². The molecular weight excluding hydrogens is 508 g/mol. The van der Waals surface area contributed by atoms with Crippen LogP contribution in [0.25, 0.3) is 0 Å². The van der Waals surface area contributed by atoms with Crippen LogP contribution in [0.4, 0.5) is 0 Å². The molecule has 2 aliphatic carbocycles. The molecule has 0 aromatic rings. The van der Waals surface area contributed by atoms with Crippen LogP contribution < -0.4 is 0 Å². The van der Waals surface area contributed by atoms with E-state index < -0.39 is 63.6 Å². The zero-order chi connectivity index (χ0) is 27.5. The summed E-state index contributed by atoms with van der Waals surface area (Å²) in [7, 11) is 0. The molecule has 8 aliphatic rings. The average Bonchev–Trinajstić information content (AvgIpc) is 3.55. The number of ether oxygens (including phenoxy) is 5. The second-order valence-electron chi connectivity index (χ2n) is 14.1. The van der Waals surface area contributed by atoms with Gasteiger partial charge in [0.25, 0.3) is 0 Å². The van der Waals surface area contributed by atoms with Gasteiger partial charge in [0, 0.05) is 47.5 Å². The first-order valence-corrected chi connectivity index (χ1v) is 14.4. The van der Waals surface area contributed by atoms with E-state index in [2.05, 4.69) is 0 Å². The SMILES string of the molecule is C[C@H]1C[C@@]2(OC1=O)O[C@@]13O[C@]4(CC[C@@]5(C)C(=O)[C@H](C)[C@H]2[C@@H]15)C[C@@]12OC(=O)C[C@@H]1O[C@](C)(CO)[C@H]2CCC4=C3O. The highest BCUT2D eigenvalue weighted by Gasteiger charge is 2.84. The van der Waals surface area contributed by atoms with Gasteiger partial charge in [-0.1, -0.05) is 20.8 Å². The zero-order valence-corrected chi connectivity index (χ0v) is 22.8. The van der Waals surface area contributed by atoms with E-state index in [1.165, 1.54) is 0 Å².